The van der Waals surface area contributed by atoms with Crippen LogP contribution in [0.4, 0.5) is 0 Å². The zero-order chi connectivity index (χ0) is 33.1. The van der Waals surface area contributed by atoms with E-state index in [1.807, 2.05) is 0 Å². The van der Waals surface area contributed by atoms with Crippen molar-refractivity contribution in [2.45, 2.75) is 38.5 Å². The SMILES string of the molecule is CC1(C)c2ccccc2-c2nc(-c3ccc(-n4c5ccccc5c5ccc6c(c54)C(C)(C)c4ccccc4-6)cc3)nc(-c3ccccc3)c21. The van der Waals surface area contributed by atoms with E-state index in [2.05, 4.69) is 172 Å². The minimum atomic E-state index is -0.205. The van der Waals surface area contributed by atoms with Crippen molar-refractivity contribution in [1.82, 2.24) is 14.5 Å². The molecule has 2 heterocycles. The molecule has 0 aliphatic heterocycles. The number of benzene rings is 6. The van der Waals surface area contributed by atoms with Gasteiger partial charge in [0.1, 0.15) is 0 Å². The predicted molar refractivity (Wildman–Crippen MR) is 202 cm³/mol. The number of hydrogen-bond acceptors (Lipinski definition) is 2. The lowest BCUT2D eigenvalue weighted by atomic mass is 9.81. The topological polar surface area (TPSA) is 30.7 Å². The Hall–Kier alpha value is -5.80. The summed E-state index contributed by atoms with van der Waals surface area (Å²) in [6.45, 7) is 9.34. The second kappa shape index (κ2) is 9.87. The monoisotopic (exact) mass is 629 g/mol. The van der Waals surface area contributed by atoms with Crippen molar-refractivity contribution in [2.75, 3.05) is 0 Å². The molecule has 0 radical (unpaired) electrons. The van der Waals surface area contributed by atoms with Crippen molar-refractivity contribution in [2.24, 2.45) is 0 Å². The number of fused-ring (bicyclic) bond motifs is 10. The van der Waals surface area contributed by atoms with Gasteiger partial charge >= 0.3 is 0 Å². The van der Waals surface area contributed by atoms with E-state index in [9.17, 15) is 0 Å². The molecule has 2 aliphatic rings. The van der Waals surface area contributed by atoms with Gasteiger partial charge in [0.2, 0.25) is 0 Å². The molecule has 49 heavy (non-hydrogen) atoms. The van der Waals surface area contributed by atoms with Gasteiger partial charge in [0.25, 0.3) is 0 Å². The molecule has 0 atom stereocenters. The van der Waals surface area contributed by atoms with Crippen LogP contribution in [0, 0.1) is 0 Å². The molecule has 0 bridgehead atoms. The second-order valence-corrected chi connectivity index (χ2v) is 14.6. The van der Waals surface area contributed by atoms with Gasteiger partial charge in [-0.05, 0) is 58.1 Å². The first kappa shape index (κ1) is 28.2. The predicted octanol–water partition coefficient (Wildman–Crippen LogP) is 11.5. The Kier molecular flexibility index (Phi) is 5.69. The van der Waals surface area contributed by atoms with Crippen molar-refractivity contribution in [1.29, 1.82) is 0 Å². The fourth-order valence-electron chi connectivity index (χ4n) is 8.89. The van der Waals surface area contributed by atoms with Crippen LogP contribution in [0.1, 0.15) is 49.9 Å². The molecule has 0 fully saturated rings. The van der Waals surface area contributed by atoms with Gasteiger partial charge in [0.15, 0.2) is 5.82 Å². The summed E-state index contributed by atoms with van der Waals surface area (Å²) in [6, 6.07) is 50.5. The lowest BCUT2D eigenvalue weighted by Crippen LogP contribution is -2.17. The number of nitrogens with zero attached hydrogens (tertiary/aromatic N) is 3. The third-order valence-corrected chi connectivity index (χ3v) is 11.2. The molecule has 234 valence electrons. The van der Waals surface area contributed by atoms with Gasteiger partial charge in [-0.25, -0.2) is 9.97 Å². The number of aromatic nitrogens is 3. The molecule has 0 amide bonds. The highest BCUT2D eigenvalue weighted by Crippen LogP contribution is 2.54. The van der Waals surface area contributed by atoms with E-state index in [0.29, 0.717) is 0 Å². The molecule has 0 unspecified atom stereocenters. The largest absolute Gasteiger partial charge is 0.309 e. The minimum Gasteiger partial charge on any atom is -0.309 e. The van der Waals surface area contributed by atoms with Crippen LogP contribution in [0.3, 0.4) is 0 Å². The summed E-state index contributed by atoms with van der Waals surface area (Å²) in [7, 11) is 0. The van der Waals surface area contributed by atoms with E-state index in [4.69, 9.17) is 9.97 Å². The van der Waals surface area contributed by atoms with Gasteiger partial charge < -0.3 is 4.57 Å². The van der Waals surface area contributed by atoms with E-state index in [0.717, 1.165) is 34.0 Å². The van der Waals surface area contributed by atoms with Crippen molar-refractivity contribution in [3.05, 3.63) is 162 Å². The maximum absolute atomic E-state index is 5.33. The van der Waals surface area contributed by atoms with E-state index in [1.54, 1.807) is 0 Å². The summed E-state index contributed by atoms with van der Waals surface area (Å²) in [6.07, 6.45) is 0. The molecule has 2 aliphatic carbocycles. The summed E-state index contributed by atoms with van der Waals surface area (Å²) in [5.74, 6) is 0.747. The summed E-state index contributed by atoms with van der Waals surface area (Å²) in [5, 5.41) is 2.56. The van der Waals surface area contributed by atoms with Crippen molar-refractivity contribution < 1.29 is 0 Å². The van der Waals surface area contributed by atoms with Crippen molar-refractivity contribution in [3.8, 4) is 50.7 Å². The Labute approximate surface area is 286 Å². The van der Waals surface area contributed by atoms with Gasteiger partial charge in [0, 0.05) is 49.5 Å². The van der Waals surface area contributed by atoms with Crippen LogP contribution in [-0.2, 0) is 10.8 Å². The minimum absolute atomic E-state index is 0.131. The molecule has 2 aromatic heterocycles. The standard InChI is InChI=1S/C46H35N3/c1-45(2)36-19-11-8-16-31(36)33-26-27-34-32-17-10-13-21-38(32)49(43(34)39(33)45)30-24-22-29(23-25-30)44-47-41(28-14-6-5-7-15-28)40-42(48-44)35-18-9-12-20-37(35)46(40,3)4/h5-27H,1-4H3. The fourth-order valence-corrected chi connectivity index (χ4v) is 8.89. The molecular formula is C46H35N3. The van der Waals surface area contributed by atoms with Gasteiger partial charge in [-0.2, -0.15) is 0 Å². The van der Waals surface area contributed by atoms with E-state index < -0.39 is 0 Å². The van der Waals surface area contributed by atoms with Crippen LogP contribution in [-0.4, -0.2) is 14.5 Å². The first-order valence-corrected chi connectivity index (χ1v) is 17.2. The van der Waals surface area contributed by atoms with E-state index in [1.165, 1.54) is 60.8 Å². The molecule has 0 N–H and O–H groups in total. The van der Waals surface area contributed by atoms with E-state index in [-0.39, 0.29) is 10.8 Å². The Morgan fingerprint density at radius 2 is 1.06 bits per heavy atom. The van der Waals surface area contributed by atoms with Gasteiger partial charge in [-0.1, -0.05) is 137 Å². The average Bonchev–Trinajstić information content (AvgIpc) is 3.69. The molecule has 3 nitrogen and oxygen atoms in total. The van der Waals surface area contributed by atoms with Crippen molar-refractivity contribution in [3.63, 3.8) is 0 Å². The van der Waals surface area contributed by atoms with Crippen molar-refractivity contribution >= 4 is 21.8 Å². The third-order valence-electron chi connectivity index (χ3n) is 11.2. The number of hydrogen-bond donors (Lipinski definition) is 0. The number of para-hydroxylation sites is 1. The smallest absolute Gasteiger partial charge is 0.160 e. The van der Waals surface area contributed by atoms with Crippen LogP contribution in [0.5, 0.6) is 0 Å². The summed E-state index contributed by atoms with van der Waals surface area (Å²) >= 11 is 0. The first-order valence-electron chi connectivity index (χ1n) is 17.2. The summed E-state index contributed by atoms with van der Waals surface area (Å²) < 4.78 is 2.47. The maximum atomic E-state index is 5.33. The summed E-state index contributed by atoms with van der Waals surface area (Å²) in [4.78, 5) is 10.6. The molecule has 6 aromatic carbocycles. The second-order valence-electron chi connectivity index (χ2n) is 14.6. The van der Waals surface area contributed by atoms with E-state index >= 15 is 0 Å². The van der Waals surface area contributed by atoms with Gasteiger partial charge in [-0.15, -0.1) is 0 Å². The highest BCUT2D eigenvalue weighted by molar-refractivity contribution is 6.13. The molecule has 0 saturated carbocycles. The zero-order valence-electron chi connectivity index (χ0n) is 28.1. The van der Waals surface area contributed by atoms with Gasteiger partial charge in [0.05, 0.1) is 22.4 Å². The number of rotatable bonds is 3. The Morgan fingerprint density at radius 3 is 1.84 bits per heavy atom. The summed E-state index contributed by atoms with van der Waals surface area (Å²) in [5.41, 5.74) is 16.6. The maximum Gasteiger partial charge on any atom is 0.160 e. The van der Waals surface area contributed by atoms with Crippen LogP contribution >= 0.6 is 0 Å². The van der Waals surface area contributed by atoms with Crippen LogP contribution < -0.4 is 0 Å². The fraction of sp³-hybridized carbons (Fsp3) is 0.130. The first-order chi connectivity index (χ1) is 23.8. The lowest BCUT2D eigenvalue weighted by Gasteiger charge is -2.24. The highest BCUT2D eigenvalue weighted by atomic mass is 15.0. The van der Waals surface area contributed by atoms with Crippen LogP contribution in [0.2, 0.25) is 0 Å². The van der Waals surface area contributed by atoms with Gasteiger partial charge in [-0.3, -0.25) is 0 Å². The third kappa shape index (κ3) is 3.79. The Bertz CT molecular complexity index is 2640. The highest BCUT2D eigenvalue weighted by Gasteiger charge is 2.40. The average molecular weight is 630 g/mol. The molecule has 3 heteroatoms. The molecule has 10 rings (SSSR count). The normalized spacial score (nSPS) is 14.9. The Balaban J connectivity index is 1.18. The van der Waals surface area contributed by atoms with Crippen LogP contribution in [0.25, 0.3) is 72.5 Å². The molecule has 0 saturated heterocycles. The van der Waals surface area contributed by atoms with Crippen LogP contribution in [0.15, 0.2) is 140 Å². The molecular weight excluding hydrogens is 595 g/mol. The molecule has 8 aromatic rings. The Morgan fingerprint density at radius 1 is 0.449 bits per heavy atom. The molecule has 0 spiro atoms. The zero-order valence-corrected chi connectivity index (χ0v) is 28.1. The quantitative estimate of drug-likeness (QED) is 0.195. The lowest BCUT2D eigenvalue weighted by molar-refractivity contribution is 0.658.